The zero-order chi connectivity index (χ0) is 10.7. The first-order valence-corrected chi connectivity index (χ1v) is 5.91. The van der Waals surface area contributed by atoms with E-state index in [-0.39, 0.29) is 0 Å². The molecule has 1 heterocycles. The predicted molar refractivity (Wildman–Crippen MR) is 65.2 cm³/mol. The minimum absolute atomic E-state index is 0.569. The van der Waals surface area contributed by atoms with Gasteiger partial charge in [-0.1, -0.05) is 18.0 Å². The molecule has 0 bridgehead atoms. The van der Waals surface area contributed by atoms with E-state index in [1.165, 1.54) is 24.8 Å². The molecule has 0 spiro atoms. The minimum Gasteiger partial charge on any atom is -0.399 e. The van der Waals surface area contributed by atoms with Crippen molar-refractivity contribution >= 4 is 17.3 Å². The molecule has 1 aromatic rings. The van der Waals surface area contributed by atoms with Gasteiger partial charge in [-0.3, -0.25) is 0 Å². The first kappa shape index (κ1) is 10.8. The Morgan fingerprint density at radius 3 is 3.00 bits per heavy atom. The summed E-state index contributed by atoms with van der Waals surface area (Å²) >= 11 is 5.96. The van der Waals surface area contributed by atoms with E-state index in [1.54, 1.807) is 0 Å². The maximum Gasteiger partial charge on any atom is 0.0410 e. The minimum atomic E-state index is 0.569. The summed E-state index contributed by atoms with van der Waals surface area (Å²) in [4.78, 5) is 0. The summed E-state index contributed by atoms with van der Waals surface area (Å²) in [7, 11) is 0. The van der Waals surface area contributed by atoms with E-state index >= 15 is 0 Å². The Morgan fingerprint density at radius 2 is 2.27 bits per heavy atom. The quantitative estimate of drug-likeness (QED) is 0.758. The molecule has 82 valence electrons. The van der Waals surface area contributed by atoms with Gasteiger partial charge in [0.25, 0.3) is 0 Å². The molecule has 15 heavy (non-hydrogen) atoms. The number of hydrogen-bond acceptors (Lipinski definition) is 2. The van der Waals surface area contributed by atoms with Gasteiger partial charge in [0.2, 0.25) is 0 Å². The molecule has 2 nitrogen and oxygen atoms in total. The molecule has 1 aliphatic heterocycles. The van der Waals surface area contributed by atoms with Crippen molar-refractivity contribution in [2.75, 3.05) is 12.3 Å². The van der Waals surface area contributed by atoms with Gasteiger partial charge < -0.3 is 11.1 Å². The molecule has 0 amide bonds. The van der Waals surface area contributed by atoms with Crippen molar-refractivity contribution in [3.8, 4) is 0 Å². The summed E-state index contributed by atoms with van der Waals surface area (Å²) in [5.74, 6) is 0. The Balaban J connectivity index is 2.05. The Morgan fingerprint density at radius 1 is 1.40 bits per heavy atom. The molecule has 1 fully saturated rings. The van der Waals surface area contributed by atoms with Gasteiger partial charge in [0.1, 0.15) is 0 Å². The van der Waals surface area contributed by atoms with Crippen LogP contribution >= 0.6 is 11.6 Å². The molecule has 0 aromatic heterocycles. The van der Waals surface area contributed by atoms with Crippen LogP contribution in [0.25, 0.3) is 0 Å². The summed E-state index contributed by atoms with van der Waals surface area (Å²) in [6.07, 6.45) is 4.85. The summed E-state index contributed by atoms with van der Waals surface area (Å²) < 4.78 is 0. The number of benzene rings is 1. The zero-order valence-electron chi connectivity index (χ0n) is 8.80. The molecule has 3 heteroatoms. The maximum atomic E-state index is 5.96. The van der Waals surface area contributed by atoms with Gasteiger partial charge in [-0.25, -0.2) is 0 Å². The van der Waals surface area contributed by atoms with E-state index in [9.17, 15) is 0 Å². The number of piperidine rings is 1. The number of rotatable bonds is 2. The molecule has 1 aromatic carbocycles. The highest BCUT2D eigenvalue weighted by Crippen LogP contribution is 2.21. The largest absolute Gasteiger partial charge is 0.399 e. The smallest absolute Gasteiger partial charge is 0.0410 e. The van der Waals surface area contributed by atoms with Gasteiger partial charge in [0.05, 0.1) is 0 Å². The molecule has 1 atom stereocenters. The van der Waals surface area contributed by atoms with Gasteiger partial charge in [-0.15, -0.1) is 0 Å². The second-order valence-corrected chi connectivity index (χ2v) is 4.63. The number of hydrogen-bond donors (Lipinski definition) is 2. The van der Waals surface area contributed by atoms with Crippen molar-refractivity contribution in [1.29, 1.82) is 0 Å². The fourth-order valence-corrected chi connectivity index (χ4v) is 2.31. The van der Waals surface area contributed by atoms with Crippen LogP contribution in [0.15, 0.2) is 18.2 Å². The topological polar surface area (TPSA) is 38.0 Å². The molecule has 0 aliphatic carbocycles. The third kappa shape index (κ3) is 2.86. The Hall–Kier alpha value is -0.730. The molecule has 0 radical (unpaired) electrons. The fraction of sp³-hybridized carbons (Fsp3) is 0.500. The Bertz CT molecular complexity index is 332. The van der Waals surface area contributed by atoms with Gasteiger partial charge in [-0.2, -0.15) is 0 Å². The van der Waals surface area contributed by atoms with Gasteiger partial charge in [0, 0.05) is 16.8 Å². The Kier molecular flexibility index (Phi) is 3.49. The molecular formula is C12H17ClN2. The van der Waals surface area contributed by atoms with Crippen LogP contribution in [0.1, 0.15) is 24.8 Å². The molecule has 1 aliphatic rings. The highest BCUT2D eigenvalue weighted by atomic mass is 35.5. The van der Waals surface area contributed by atoms with Crippen LogP contribution in [0.5, 0.6) is 0 Å². The number of nitrogens with two attached hydrogens (primary N) is 1. The van der Waals surface area contributed by atoms with Crippen LogP contribution in [0, 0.1) is 0 Å². The van der Waals surface area contributed by atoms with E-state index in [0.29, 0.717) is 6.04 Å². The van der Waals surface area contributed by atoms with Crippen molar-refractivity contribution in [1.82, 2.24) is 5.32 Å². The molecular weight excluding hydrogens is 208 g/mol. The van der Waals surface area contributed by atoms with Crippen LogP contribution in [-0.4, -0.2) is 12.6 Å². The molecule has 3 N–H and O–H groups in total. The summed E-state index contributed by atoms with van der Waals surface area (Å²) in [6, 6.07) is 6.28. The Labute approximate surface area is 95.8 Å². The van der Waals surface area contributed by atoms with Crippen LogP contribution in [0.4, 0.5) is 5.69 Å². The van der Waals surface area contributed by atoms with Crippen LogP contribution < -0.4 is 11.1 Å². The van der Waals surface area contributed by atoms with Crippen LogP contribution in [-0.2, 0) is 6.42 Å². The van der Waals surface area contributed by atoms with Crippen molar-refractivity contribution in [2.24, 2.45) is 0 Å². The monoisotopic (exact) mass is 224 g/mol. The van der Waals surface area contributed by atoms with Crippen molar-refractivity contribution in [3.05, 3.63) is 28.8 Å². The van der Waals surface area contributed by atoms with E-state index < -0.39 is 0 Å². The maximum absolute atomic E-state index is 5.96. The first-order chi connectivity index (χ1) is 7.25. The third-order valence-electron chi connectivity index (χ3n) is 2.98. The van der Waals surface area contributed by atoms with Gasteiger partial charge in [-0.05, 0) is 49.6 Å². The lowest BCUT2D eigenvalue weighted by atomic mass is 9.97. The van der Waals surface area contributed by atoms with E-state index in [2.05, 4.69) is 5.32 Å². The van der Waals surface area contributed by atoms with Gasteiger partial charge >= 0.3 is 0 Å². The predicted octanol–water partition coefficient (Wildman–Crippen LogP) is 2.61. The molecule has 2 rings (SSSR count). The second-order valence-electron chi connectivity index (χ2n) is 4.19. The van der Waals surface area contributed by atoms with Gasteiger partial charge in [0.15, 0.2) is 0 Å². The number of nitrogens with one attached hydrogen (secondary N) is 1. The number of nitrogen functional groups attached to an aromatic ring is 1. The lowest BCUT2D eigenvalue weighted by molar-refractivity contribution is 0.399. The molecule has 0 saturated carbocycles. The fourth-order valence-electron chi connectivity index (χ4n) is 2.11. The molecule has 1 saturated heterocycles. The van der Waals surface area contributed by atoms with Crippen LogP contribution in [0.3, 0.4) is 0 Å². The lowest BCUT2D eigenvalue weighted by Crippen LogP contribution is -2.35. The van der Waals surface area contributed by atoms with E-state index in [0.717, 1.165) is 23.7 Å². The average Bonchev–Trinajstić information content (AvgIpc) is 2.25. The highest BCUT2D eigenvalue weighted by molar-refractivity contribution is 6.30. The normalized spacial score (nSPS) is 21.5. The zero-order valence-corrected chi connectivity index (χ0v) is 9.56. The SMILES string of the molecule is Nc1ccc(Cl)cc1CC1CCCCN1. The summed E-state index contributed by atoms with van der Waals surface area (Å²) in [6.45, 7) is 1.13. The van der Waals surface area contributed by atoms with Crippen LogP contribution in [0.2, 0.25) is 5.02 Å². The van der Waals surface area contributed by atoms with Crippen molar-refractivity contribution in [3.63, 3.8) is 0 Å². The highest BCUT2D eigenvalue weighted by Gasteiger charge is 2.14. The number of halogens is 1. The van der Waals surface area contributed by atoms with Crippen molar-refractivity contribution < 1.29 is 0 Å². The first-order valence-electron chi connectivity index (χ1n) is 5.53. The second kappa shape index (κ2) is 4.86. The summed E-state index contributed by atoms with van der Waals surface area (Å²) in [5, 5.41) is 4.29. The third-order valence-corrected chi connectivity index (χ3v) is 3.22. The summed E-state index contributed by atoms with van der Waals surface area (Å²) in [5.41, 5.74) is 7.94. The number of anilines is 1. The van der Waals surface area contributed by atoms with E-state index in [1.807, 2.05) is 18.2 Å². The lowest BCUT2D eigenvalue weighted by Gasteiger charge is -2.24. The average molecular weight is 225 g/mol. The molecule has 1 unspecified atom stereocenters. The van der Waals surface area contributed by atoms with E-state index in [4.69, 9.17) is 17.3 Å². The van der Waals surface area contributed by atoms with Crippen molar-refractivity contribution in [2.45, 2.75) is 31.7 Å². The standard InChI is InChI=1S/C12H17ClN2/c13-10-4-5-12(14)9(7-10)8-11-3-1-2-6-15-11/h4-5,7,11,15H,1-3,6,8,14H2.